The molecule has 1 aromatic rings. The van der Waals surface area contributed by atoms with Gasteiger partial charge in [0.1, 0.15) is 5.82 Å². The van der Waals surface area contributed by atoms with Gasteiger partial charge in [0.2, 0.25) is 5.91 Å². The first-order chi connectivity index (χ1) is 8.10. The van der Waals surface area contributed by atoms with Crippen molar-refractivity contribution in [3.63, 3.8) is 0 Å². The maximum atomic E-state index is 13.2. The van der Waals surface area contributed by atoms with Gasteiger partial charge < -0.3 is 10.1 Å². The smallest absolute Gasteiger partial charge is 0.221 e. The third-order valence-electron chi connectivity index (χ3n) is 2.33. The lowest BCUT2D eigenvalue weighted by Crippen LogP contribution is -2.10. The summed E-state index contributed by atoms with van der Waals surface area (Å²) in [5.41, 5.74) is 0.312. The van der Waals surface area contributed by atoms with Crippen molar-refractivity contribution in [1.29, 1.82) is 0 Å². The first-order valence-corrected chi connectivity index (χ1v) is 5.33. The van der Waals surface area contributed by atoms with Crippen LogP contribution >= 0.6 is 0 Å². The summed E-state index contributed by atoms with van der Waals surface area (Å²) in [6.45, 7) is 1.31. The summed E-state index contributed by atoms with van der Waals surface area (Å²) in [5, 5.41) is 2.46. The van der Waals surface area contributed by atoms with Crippen LogP contribution in [0.4, 0.5) is 10.1 Å². The lowest BCUT2D eigenvalue weighted by molar-refractivity contribution is -0.114. The Morgan fingerprint density at radius 1 is 1.53 bits per heavy atom. The molecule has 0 heterocycles. The molecule has 4 nitrogen and oxygen atoms in total. The minimum absolute atomic E-state index is 0.0617. The van der Waals surface area contributed by atoms with Crippen LogP contribution in [0.3, 0.4) is 0 Å². The van der Waals surface area contributed by atoms with Gasteiger partial charge in [-0.3, -0.25) is 9.59 Å². The molecule has 0 aliphatic heterocycles. The van der Waals surface area contributed by atoms with Crippen molar-refractivity contribution in [1.82, 2.24) is 0 Å². The molecule has 0 saturated heterocycles. The summed E-state index contributed by atoms with van der Waals surface area (Å²) in [6, 6.07) is 2.24. The predicted molar refractivity (Wildman–Crippen MR) is 59.7 cm³/mol. The first kappa shape index (κ1) is 11.6. The fourth-order valence-corrected chi connectivity index (χ4v) is 1.47. The lowest BCUT2D eigenvalue weighted by atomic mass is 10.1. The van der Waals surface area contributed by atoms with E-state index in [1.54, 1.807) is 0 Å². The van der Waals surface area contributed by atoms with Crippen LogP contribution in [0, 0.1) is 5.82 Å². The number of nitrogens with one attached hydrogen (secondary N) is 1. The molecular formula is C12H12FNO3. The Hall–Kier alpha value is -1.91. The van der Waals surface area contributed by atoms with E-state index in [1.165, 1.54) is 6.92 Å². The van der Waals surface area contributed by atoms with Crippen LogP contribution in [0.5, 0.6) is 5.75 Å². The van der Waals surface area contributed by atoms with E-state index in [0.29, 0.717) is 6.29 Å². The Morgan fingerprint density at radius 3 is 2.76 bits per heavy atom. The summed E-state index contributed by atoms with van der Waals surface area (Å²) < 4.78 is 18.8. The molecule has 90 valence electrons. The largest absolute Gasteiger partial charge is 0.487 e. The molecule has 0 aromatic heterocycles. The number of anilines is 1. The van der Waals surface area contributed by atoms with Crippen LogP contribution in [0.1, 0.15) is 30.1 Å². The van der Waals surface area contributed by atoms with Crippen molar-refractivity contribution in [3.05, 3.63) is 23.5 Å². The predicted octanol–water partition coefficient (Wildman–Crippen LogP) is 2.14. The summed E-state index contributed by atoms with van der Waals surface area (Å²) in [7, 11) is 0. The standard InChI is InChI=1S/C12H12FNO3/c1-7(16)14-11-5-9(13)4-8(6-15)12(11)17-10-2-3-10/h4-6,10H,2-3H2,1H3,(H,14,16). The Morgan fingerprint density at radius 2 is 2.24 bits per heavy atom. The molecule has 17 heavy (non-hydrogen) atoms. The van der Waals surface area contributed by atoms with Gasteiger partial charge >= 0.3 is 0 Å². The quantitative estimate of drug-likeness (QED) is 0.816. The second-order valence-electron chi connectivity index (χ2n) is 3.99. The minimum Gasteiger partial charge on any atom is -0.487 e. The fraction of sp³-hybridized carbons (Fsp3) is 0.333. The Balaban J connectivity index is 2.40. The molecule has 1 saturated carbocycles. The van der Waals surface area contributed by atoms with Crippen LogP contribution in [0.2, 0.25) is 0 Å². The molecule has 1 fully saturated rings. The molecule has 1 aromatic carbocycles. The third kappa shape index (κ3) is 2.81. The van der Waals surface area contributed by atoms with Gasteiger partial charge in [0, 0.05) is 13.0 Å². The van der Waals surface area contributed by atoms with Gasteiger partial charge in [-0.25, -0.2) is 4.39 Å². The summed E-state index contributed by atoms with van der Waals surface area (Å²) in [4.78, 5) is 21.9. The number of aldehydes is 1. The van der Waals surface area contributed by atoms with Crippen molar-refractivity contribution < 1.29 is 18.7 Å². The lowest BCUT2D eigenvalue weighted by Gasteiger charge is -2.13. The van der Waals surface area contributed by atoms with Gasteiger partial charge in [-0.1, -0.05) is 0 Å². The van der Waals surface area contributed by atoms with Crippen molar-refractivity contribution in [2.75, 3.05) is 5.32 Å². The van der Waals surface area contributed by atoms with E-state index in [0.717, 1.165) is 25.0 Å². The maximum absolute atomic E-state index is 13.2. The summed E-state index contributed by atoms with van der Waals surface area (Å²) in [5.74, 6) is -0.675. The number of carbonyl (C=O) groups excluding carboxylic acids is 2. The number of amides is 1. The highest BCUT2D eigenvalue weighted by Crippen LogP contribution is 2.35. The number of halogens is 1. The van der Waals surface area contributed by atoms with E-state index in [2.05, 4.69) is 5.32 Å². The van der Waals surface area contributed by atoms with Crippen LogP contribution < -0.4 is 10.1 Å². The Labute approximate surface area is 97.8 Å². The molecule has 0 spiro atoms. The third-order valence-corrected chi connectivity index (χ3v) is 2.33. The fourth-order valence-electron chi connectivity index (χ4n) is 1.47. The molecule has 5 heteroatoms. The Kier molecular flexibility index (Phi) is 3.08. The number of hydrogen-bond acceptors (Lipinski definition) is 3. The molecule has 0 atom stereocenters. The maximum Gasteiger partial charge on any atom is 0.221 e. The zero-order valence-corrected chi connectivity index (χ0v) is 9.33. The zero-order chi connectivity index (χ0) is 12.4. The summed E-state index contributed by atoms with van der Waals surface area (Å²) >= 11 is 0. The Bertz CT molecular complexity index is 469. The van der Waals surface area contributed by atoms with Gasteiger partial charge in [0.05, 0.1) is 17.4 Å². The average Bonchev–Trinajstić information content (AvgIpc) is 3.04. The normalized spacial score (nSPS) is 14.2. The molecule has 1 aliphatic rings. The molecule has 0 unspecified atom stereocenters. The van der Waals surface area contributed by atoms with Crippen molar-refractivity contribution in [2.45, 2.75) is 25.9 Å². The van der Waals surface area contributed by atoms with E-state index in [9.17, 15) is 14.0 Å². The second kappa shape index (κ2) is 4.53. The van der Waals surface area contributed by atoms with Crippen LogP contribution in [-0.2, 0) is 4.79 Å². The molecule has 2 rings (SSSR count). The van der Waals surface area contributed by atoms with E-state index in [4.69, 9.17) is 4.74 Å². The van der Waals surface area contributed by atoms with Crippen molar-refractivity contribution in [3.8, 4) is 5.75 Å². The number of ether oxygens (including phenoxy) is 1. The van der Waals surface area contributed by atoms with E-state index in [1.807, 2.05) is 0 Å². The van der Waals surface area contributed by atoms with Gasteiger partial charge in [-0.2, -0.15) is 0 Å². The van der Waals surface area contributed by atoms with Gasteiger partial charge in [-0.05, 0) is 18.9 Å². The average molecular weight is 237 g/mol. The highest BCUT2D eigenvalue weighted by atomic mass is 19.1. The molecule has 1 N–H and O–H groups in total. The first-order valence-electron chi connectivity index (χ1n) is 5.33. The van der Waals surface area contributed by atoms with Crippen LogP contribution in [0.15, 0.2) is 12.1 Å². The number of hydrogen-bond donors (Lipinski definition) is 1. The topological polar surface area (TPSA) is 55.4 Å². The number of rotatable bonds is 4. The van der Waals surface area contributed by atoms with E-state index < -0.39 is 5.82 Å². The number of carbonyl (C=O) groups is 2. The van der Waals surface area contributed by atoms with Crippen LogP contribution in [-0.4, -0.2) is 18.3 Å². The van der Waals surface area contributed by atoms with Crippen LogP contribution in [0.25, 0.3) is 0 Å². The molecular weight excluding hydrogens is 225 g/mol. The van der Waals surface area contributed by atoms with Gasteiger partial charge in [-0.15, -0.1) is 0 Å². The summed E-state index contributed by atoms with van der Waals surface area (Å²) in [6.07, 6.45) is 2.41. The second-order valence-corrected chi connectivity index (χ2v) is 3.99. The molecule has 0 radical (unpaired) electrons. The monoisotopic (exact) mass is 237 g/mol. The number of benzene rings is 1. The van der Waals surface area contributed by atoms with Gasteiger partial charge in [0.25, 0.3) is 0 Å². The van der Waals surface area contributed by atoms with Crippen molar-refractivity contribution >= 4 is 17.9 Å². The minimum atomic E-state index is -0.584. The highest BCUT2D eigenvalue weighted by Gasteiger charge is 2.26. The molecule has 1 amide bonds. The SMILES string of the molecule is CC(=O)Nc1cc(F)cc(C=O)c1OC1CC1. The van der Waals surface area contributed by atoms with Crippen molar-refractivity contribution in [2.24, 2.45) is 0 Å². The zero-order valence-electron chi connectivity index (χ0n) is 9.33. The van der Waals surface area contributed by atoms with Gasteiger partial charge in [0.15, 0.2) is 12.0 Å². The molecule has 1 aliphatic carbocycles. The van der Waals surface area contributed by atoms with E-state index in [-0.39, 0.29) is 29.0 Å². The highest BCUT2D eigenvalue weighted by molar-refractivity contribution is 5.93. The van der Waals surface area contributed by atoms with E-state index >= 15 is 0 Å². The molecule has 0 bridgehead atoms.